The fourth-order valence-corrected chi connectivity index (χ4v) is 4.22. The van der Waals surface area contributed by atoms with Crippen LogP contribution in [0.2, 0.25) is 0 Å². The second-order valence-corrected chi connectivity index (χ2v) is 7.60. The van der Waals surface area contributed by atoms with Crippen LogP contribution < -0.4 is 15.8 Å². The van der Waals surface area contributed by atoms with Crippen LogP contribution in [0.4, 0.5) is 11.4 Å². The van der Waals surface area contributed by atoms with Crippen molar-refractivity contribution < 1.29 is 14.3 Å². The van der Waals surface area contributed by atoms with Crippen LogP contribution in [0, 0.1) is 6.92 Å². The number of aryl methyl sites for hydroxylation is 1. The number of anilines is 2. The number of ether oxygens (including phenoxy) is 1. The summed E-state index contributed by atoms with van der Waals surface area (Å²) >= 11 is 0. The molecule has 1 fully saturated rings. The van der Waals surface area contributed by atoms with Crippen molar-refractivity contribution in [1.29, 1.82) is 0 Å². The zero-order chi connectivity index (χ0) is 20.8. The third-order valence-electron chi connectivity index (χ3n) is 5.64. The molecule has 1 atom stereocenters. The summed E-state index contributed by atoms with van der Waals surface area (Å²) in [7, 11) is 0. The first-order chi connectivity index (χ1) is 14.5. The monoisotopic (exact) mass is 404 g/mol. The Labute approximate surface area is 172 Å². The van der Waals surface area contributed by atoms with E-state index in [2.05, 4.69) is 15.2 Å². The molecule has 0 bridgehead atoms. The van der Waals surface area contributed by atoms with Crippen LogP contribution in [0.5, 0.6) is 0 Å². The summed E-state index contributed by atoms with van der Waals surface area (Å²) in [5.74, 6) is -0.580. The molecular weight excluding hydrogens is 384 g/mol. The summed E-state index contributed by atoms with van der Waals surface area (Å²) in [6.07, 6.45) is 1.81. The third kappa shape index (κ3) is 3.01. The summed E-state index contributed by atoms with van der Waals surface area (Å²) in [5.41, 5.74) is 3.32. The molecule has 8 heteroatoms. The lowest BCUT2D eigenvalue weighted by atomic mass is 10.1. The van der Waals surface area contributed by atoms with Crippen molar-refractivity contribution in [1.82, 2.24) is 9.38 Å². The molecule has 0 radical (unpaired) electrons. The summed E-state index contributed by atoms with van der Waals surface area (Å²) < 4.78 is 6.88. The van der Waals surface area contributed by atoms with Crippen LogP contribution in [-0.2, 0) is 16.1 Å². The van der Waals surface area contributed by atoms with Gasteiger partial charge in [0.25, 0.3) is 5.56 Å². The number of hydrogen-bond acceptors (Lipinski definition) is 6. The number of esters is 1. The molecule has 1 saturated heterocycles. The number of hydrogen-bond donors (Lipinski definition) is 1. The smallest absolute Gasteiger partial charge is 0.338 e. The Kier molecular flexibility index (Phi) is 4.27. The molecule has 2 aliphatic rings. The Morgan fingerprint density at radius 2 is 2.10 bits per heavy atom. The number of carbonyl (C=O) groups is 2. The van der Waals surface area contributed by atoms with Crippen molar-refractivity contribution in [3.63, 3.8) is 0 Å². The number of benzene rings is 1. The molecule has 2 aromatic heterocycles. The molecular formula is C22H20N4O4. The van der Waals surface area contributed by atoms with Gasteiger partial charge in [0.1, 0.15) is 18.3 Å². The number of nitrogens with one attached hydrogen (secondary N) is 1. The van der Waals surface area contributed by atoms with Gasteiger partial charge in [-0.15, -0.1) is 0 Å². The highest BCUT2D eigenvalue weighted by Gasteiger charge is 2.36. The Hall–Kier alpha value is -3.68. The molecule has 30 heavy (non-hydrogen) atoms. The topological polar surface area (TPSA) is 93.0 Å². The second-order valence-electron chi connectivity index (χ2n) is 7.60. The van der Waals surface area contributed by atoms with E-state index in [9.17, 15) is 14.4 Å². The second kappa shape index (κ2) is 6.98. The van der Waals surface area contributed by atoms with Gasteiger partial charge in [-0.25, -0.2) is 9.78 Å². The standard InChI is InChI=1S/C22H20N4O4/c1-13-4-2-6-19-23-15(11-20(27)26(13)19)12-30-22(29)14-7-8-17-16(10-14)24-21(28)18-5-3-9-25(17)18/h2,4,6-8,10-11,18H,3,5,9,12H2,1H3,(H,24,28)/t18-/m0/s1. The lowest BCUT2D eigenvalue weighted by Gasteiger charge is -2.33. The Bertz CT molecular complexity index is 1250. The largest absolute Gasteiger partial charge is 0.456 e. The summed E-state index contributed by atoms with van der Waals surface area (Å²) in [6, 6.07) is 11.8. The third-order valence-corrected chi connectivity index (χ3v) is 5.64. The van der Waals surface area contributed by atoms with E-state index in [-0.39, 0.29) is 24.1 Å². The lowest BCUT2D eigenvalue weighted by molar-refractivity contribution is -0.117. The molecule has 3 aromatic rings. The van der Waals surface area contributed by atoms with Gasteiger partial charge in [0.05, 0.1) is 22.6 Å². The van der Waals surface area contributed by atoms with Crippen LogP contribution in [0.15, 0.2) is 47.3 Å². The van der Waals surface area contributed by atoms with Crippen LogP contribution in [0.25, 0.3) is 5.65 Å². The summed E-state index contributed by atoms with van der Waals surface area (Å²) in [4.78, 5) is 43.7. The highest BCUT2D eigenvalue weighted by molar-refractivity contribution is 6.05. The fraction of sp³-hybridized carbons (Fsp3) is 0.273. The maximum atomic E-state index is 12.6. The van der Waals surface area contributed by atoms with Crippen LogP contribution in [0.1, 0.15) is 34.6 Å². The first kappa shape index (κ1) is 18.4. The van der Waals surface area contributed by atoms with E-state index in [1.165, 1.54) is 10.5 Å². The normalized spacial score (nSPS) is 17.4. The van der Waals surface area contributed by atoms with Crippen molar-refractivity contribution in [2.75, 3.05) is 16.8 Å². The minimum atomic E-state index is -0.540. The maximum absolute atomic E-state index is 12.6. The van der Waals surface area contributed by atoms with Crippen molar-refractivity contribution in [2.24, 2.45) is 0 Å². The van der Waals surface area contributed by atoms with Gasteiger partial charge in [-0.3, -0.25) is 14.0 Å². The summed E-state index contributed by atoms with van der Waals surface area (Å²) in [5, 5.41) is 2.89. The van der Waals surface area contributed by atoms with E-state index in [1.54, 1.807) is 18.2 Å². The Balaban J connectivity index is 1.35. The molecule has 5 rings (SSSR count). The van der Waals surface area contributed by atoms with Gasteiger partial charge in [-0.2, -0.15) is 0 Å². The van der Waals surface area contributed by atoms with E-state index in [1.807, 2.05) is 25.1 Å². The Morgan fingerprint density at radius 1 is 1.23 bits per heavy atom. The van der Waals surface area contributed by atoms with Crippen LogP contribution in [0.3, 0.4) is 0 Å². The number of pyridine rings is 1. The van der Waals surface area contributed by atoms with E-state index in [4.69, 9.17) is 4.74 Å². The van der Waals surface area contributed by atoms with Gasteiger partial charge in [0, 0.05) is 18.3 Å². The lowest BCUT2D eigenvalue weighted by Crippen LogP contribution is -2.43. The predicted molar refractivity (Wildman–Crippen MR) is 111 cm³/mol. The quantitative estimate of drug-likeness (QED) is 0.674. The Morgan fingerprint density at radius 3 is 2.97 bits per heavy atom. The zero-order valence-corrected chi connectivity index (χ0v) is 16.4. The molecule has 1 N–H and O–H groups in total. The van der Waals surface area contributed by atoms with Gasteiger partial charge in [-0.05, 0) is 50.1 Å². The first-order valence-electron chi connectivity index (χ1n) is 9.88. The molecule has 8 nitrogen and oxygen atoms in total. The molecule has 2 aliphatic heterocycles. The van der Waals surface area contributed by atoms with Crippen molar-refractivity contribution in [2.45, 2.75) is 32.4 Å². The molecule has 4 heterocycles. The van der Waals surface area contributed by atoms with E-state index < -0.39 is 5.97 Å². The average molecular weight is 404 g/mol. The number of fused-ring (bicyclic) bond motifs is 4. The number of carbonyl (C=O) groups excluding carboxylic acids is 2. The molecule has 1 amide bonds. The number of rotatable bonds is 3. The molecule has 1 aromatic carbocycles. The number of nitrogens with zero attached hydrogens (tertiary/aromatic N) is 3. The SMILES string of the molecule is Cc1cccc2nc(COC(=O)c3ccc4c(c3)NC(=O)[C@@H]3CCCN43)cc(=O)n12. The number of amides is 1. The highest BCUT2D eigenvalue weighted by Crippen LogP contribution is 2.37. The molecule has 0 aliphatic carbocycles. The van der Waals surface area contributed by atoms with Gasteiger partial charge in [-0.1, -0.05) is 6.07 Å². The first-order valence-corrected chi connectivity index (χ1v) is 9.88. The zero-order valence-electron chi connectivity index (χ0n) is 16.4. The van der Waals surface area contributed by atoms with Crippen molar-refractivity contribution in [3.05, 3.63) is 69.8 Å². The minimum absolute atomic E-state index is 0.0401. The van der Waals surface area contributed by atoms with Gasteiger partial charge < -0.3 is 15.0 Å². The van der Waals surface area contributed by atoms with E-state index >= 15 is 0 Å². The van der Waals surface area contributed by atoms with Crippen molar-refractivity contribution >= 4 is 28.9 Å². The maximum Gasteiger partial charge on any atom is 0.338 e. The average Bonchev–Trinajstić information content (AvgIpc) is 3.22. The van der Waals surface area contributed by atoms with Crippen LogP contribution >= 0.6 is 0 Å². The minimum Gasteiger partial charge on any atom is -0.456 e. The number of aromatic nitrogens is 2. The highest BCUT2D eigenvalue weighted by atomic mass is 16.5. The fourth-order valence-electron chi connectivity index (χ4n) is 4.22. The molecule has 152 valence electrons. The predicted octanol–water partition coefficient (Wildman–Crippen LogP) is 2.28. The van der Waals surface area contributed by atoms with Crippen LogP contribution in [-0.4, -0.2) is 33.8 Å². The van der Waals surface area contributed by atoms with E-state index in [0.717, 1.165) is 30.8 Å². The van der Waals surface area contributed by atoms with Gasteiger partial charge in [0.2, 0.25) is 5.91 Å². The van der Waals surface area contributed by atoms with Crippen molar-refractivity contribution in [3.8, 4) is 0 Å². The molecule has 0 spiro atoms. The molecule has 0 unspecified atom stereocenters. The van der Waals surface area contributed by atoms with Gasteiger partial charge >= 0.3 is 5.97 Å². The summed E-state index contributed by atoms with van der Waals surface area (Å²) in [6.45, 7) is 2.54. The van der Waals surface area contributed by atoms with Gasteiger partial charge in [0.15, 0.2) is 0 Å². The van der Waals surface area contributed by atoms with E-state index in [0.29, 0.717) is 22.6 Å². The molecule has 0 saturated carbocycles.